The van der Waals surface area contributed by atoms with Crippen LogP contribution in [0.3, 0.4) is 0 Å². The zero-order valence-electron chi connectivity index (χ0n) is 14.4. The standard InChI is InChI=1S/C19H23NO4/c1-11-7-8-12(2)17-16(11)13(3)18(24-17)19(23)20-9-5-4-6-14(20)10-15(21)22/h7-8,14H,4-6,9-10H2,1-3H3,(H,21,22). The molecule has 1 N–H and O–H groups in total. The molecule has 2 aromatic rings. The van der Waals surface area contributed by atoms with Crippen LogP contribution in [0.25, 0.3) is 11.0 Å². The molecule has 0 bridgehead atoms. The topological polar surface area (TPSA) is 70.8 Å². The Balaban J connectivity index is 2.01. The van der Waals surface area contributed by atoms with E-state index in [4.69, 9.17) is 9.52 Å². The summed E-state index contributed by atoms with van der Waals surface area (Å²) >= 11 is 0. The summed E-state index contributed by atoms with van der Waals surface area (Å²) in [5, 5.41) is 10.1. The molecule has 0 aliphatic carbocycles. The number of likely N-dealkylation sites (tertiary alicyclic amines) is 1. The van der Waals surface area contributed by atoms with Gasteiger partial charge in [0.1, 0.15) is 5.58 Å². The van der Waals surface area contributed by atoms with Crippen molar-refractivity contribution in [2.24, 2.45) is 0 Å². The molecule has 1 unspecified atom stereocenters. The van der Waals surface area contributed by atoms with Crippen LogP contribution in [0.1, 0.15) is 52.9 Å². The third-order valence-corrected chi connectivity index (χ3v) is 4.98. The Hall–Kier alpha value is -2.30. The average Bonchev–Trinajstić information content (AvgIpc) is 2.89. The van der Waals surface area contributed by atoms with Gasteiger partial charge in [-0.3, -0.25) is 9.59 Å². The van der Waals surface area contributed by atoms with Gasteiger partial charge in [-0.25, -0.2) is 0 Å². The fourth-order valence-corrected chi connectivity index (χ4v) is 3.69. The number of benzene rings is 1. The lowest BCUT2D eigenvalue weighted by Gasteiger charge is -2.34. The van der Waals surface area contributed by atoms with Crippen LogP contribution in [0.4, 0.5) is 0 Å². The van der Waals surface area contributed by atoms with E-state index in [2.05, 4.69) is 0 Å². The number of fused-ring (bicyclic) bond motifs is 1. The minimum Gasteiger partial charge on any atom is -0.481 e. The quantitative estimate of drug-likeness (QED) is 0.929. The number of piperidine rings is 1. The number of carboxylic acid groups (broad SMARTS) is 1. The molecular formula is C19H23NO4. The molecule has 0 radical (unpaired) electrons. The molecule has 1 saturated heterocycles. The zero-order chi connectivity index (χ0) is 17.4. The van der Waals surface area contributed by atoms with Gasteiger partial charge in [-0.15, -0.1) is 0 Å². The second-order valence-electron chi connectivity index (χ2n) is 6.71. The van der Waals surface area contributed by atoms with Gasteiger partial charge in [-0.05, 0) is 51.2 Å². The predicted octanol–water partition coefficient (Wildman–Crippen LogP) is 3.83. The molecule has 24 heavy (non-hydrogen) atoms. The number of hydrogen-bond donors (Lipinski definition) is 1. The minimum absolute atomic E-state index is 0.0108. The maximum atomic E-state index is 13.0. The number of furan rings is 1. The monoisotopic (exact) mass is 329 g/mol. The minimum atomic E-state index is -0.868. The molecule has 0 spiro atoms. The molecule has 1 aliphatic heterocycles. The first-order chi connectivity index (χ1) is 11.4. The normalized spacial score (nSPS) is 18.1. The summed E-state index contributed by atoms with van der Waals surface area (Å²) in [5.74, 6) is -0.708. The Morgan fingerprint density at radius 1 is 1.21 bits per heavy atom. The van der Waals surface area contributed by atoms with E-state index >= 15 is 0 Å². The van der Waals surface area contributed by atoms with Crippen molar-refractivity contribution in [3.63, 3.8) is 0 Å². The Labute approximate surface area is 141 Å². The summed E-state index contributed by atoms with van der Waals surface area (Å²) in [6.45, 7) is 6.46. The van der Waals surface area contributed by atoms with Gasteiger partial charge in [0.05, 0.1) is 6.42 Å². The molecule has 5 heteroatoms. The first-order valence-corrected chi connectivity index (χ1v) is 8.42. The summed E-state index contributed by atoms with van der Waals surface area (Å²) in [6, 6.07) is 3.77. The number of hydrogen-bond acceptors (Lipinski definition) is 3. The van der Waals surface area contributed by atoms with Gasteiger partial charge in [-0.1, -0.05) is 12.1 Å². The van der Waals surface area contributed by atoms with Crippen molar-refractivity contribution in [1.29, 1.82) is 0 Å². The molecule has 0 saturated carbocycles. The van der Waals surface area contributed by atoms with Crippen molar-refractivity contribution in [2.45, 2.75) is 52.5 Å². The maximum Gasteiger partial charge on any atom is 0.305 e. The Kier molecular flexibility index (Phi) is 4.35. The molecule has 128 valence electrons. The van der Waals surface area contributed by atoms with Crippen molar-refractivity contribution in [1.82, 2.24) is 4.90 Å². The van der Waals surface area contributed by atoms with Gasteiger partial charge >= 0.3 is 5.97 Å². The van der Waals surface area contributed by atoms with Gasteiger partial charge in [0.25, 0.3) is 5.91 Å². The largest absolute Gasteiger partial charge is 0.481 e. The highest BCUT2D eigenvalue weighted by atomic mass is 16.4. The highest BCUT2D eigenvalue weighted by Gasteiger charge is 2.32. The van der Waals surface area contributed by atoms with Gasteiger partial charge in [0, 0.05) is 23.5 Å². The molecule has 5 nitrogen and oxygen atoms in total. The fraction of sp³-hybridized carbons (Fsp3) is 0.474. The lowest BCUT2D eigenvalue weighted by Crippen LogP contribution is -2.44. The number of aryl methyl sites for hydroxylation is 3. The highest BCUT2D eigenvalue weighted by Crippen LogP contribution is 2.32. The van der Waals surface area contributed by atoms with E-state index in [0.717, 1.165) is 46.9 Å². The van der Waals surface area contributed by atoms with Crippen LogP contribution in [-0.4, -0.2) is 34.5 Å². The van der Waals surface area contributed by atoms with Crippen LogP contribution in [0, 0.1) is 20.8 Å². The van der Waals surface area contributed by atoms with Crippen LogP contribution in [0.5, 0.6) is 0 Å². The van der Waals surface area contributed by atoms with E-state index in [9.17, 15) is 9.59 Å². The second kappa shape index (κ2) is 6.30. The van der Waals surface area contributed by atoms with E-state index in [-0.39, 0.29) is 18.4 Å². The molecule has 3 rings (SSSR count). The number of amides is 1. The number of rotatable bonds is 3. The van der Waals surface area contributed by atoms with E-state index in [1.54, 1.807) is 4.90 Å². The Bertz CT molecular complexity index is 805. The molecule has 1 aliphatic rings. The summed E-state index contributed by atoms with van der Waals surface area (Å²) in [5.41, 5.74) is 3.67. The van der Waals surface area contributed by atoms with E-state index in [0.29, 0.717) is 12.3 Å². The Morgan fingerprint density at radius 3 is 2.58 bits per heavy atom. The summed E-state index contributed by atoms with van der Waals surface area (Å²) in [4.78, 5) is 25.8. The smallest absolute Gasteiger partial charge is 0.305 e. The van der Waals surface area contributed by atoms with E-state index in [1.165, 1.54) is 0 Å². The molecular weight excluding hydrogens is 306 g/mol. The first-order valence-electron chi connectivity index (χ1n) is 8.42. The molecule has 1 aromatic heterocycles. The summed E-state index contributed by atoms with van der Waals surface area (Å²) in [7, 11) is 0. The van der Waals surface area contributed by atoms with Crippen LogP contribution < -0.4 is 0 Å². The van der Waals surface area contributed by atoms with Crippen molar-refractivity contribution < 1.29 is 19.1 Å². The number of carbonyl (C=O) groups is 2. The second-order valence-corrected chi connectivity index (χ2v) is 6.71. The van der Waals surface area contributed by atoms with Gasteiger partial charge in [-0.2, -0.15) is 0 Å². The number of carbonyl (C=O) groups excluding carboxylic acids is 1. The molecule has 1 amide bonds. The SMILES string of the molecule is Cc1ccc(C)c2c(C)c(C(=O)N3CCCCC3CC(=O)O)oc12. The predicted molar refractivity (Wildman–Crippen MR) is 91.4 cm³/mol. The molecule has 2 heterocycles. The van der Waals surface area contributed by atoms with Crippen LogP contribution in [-0.2, 0) is 4.79 Å². The third-order valence-electron chi connectivity index (χ3n) is 4.98. The number of carboxylic acids is 1. The van der Waals surface area contributed by atoms with Crippen molar-refractivity contribution in [3.8, 4) is 0 Å². The van der Waals surface area contributed by atoms with E-state index < -0.39 is 5.97 Å². The molecule has 1 aromatic carbocycles. The first kappa shape index (κ1) is 16.6. The lowest BCUT2D eigenvalue weighted by atomic mass is 9.98. The third kappa shape index (κ3) is 2.79. The van der Waals surface area contributed by atoms with Gasteiger partial charge in [0.15, 0.2) is 5.76 Å². The average molecular weight is 329 g/mol. The molecule has 1 atom stereocenters. The van der Waals surface area contributed by atoms with Crippen LogP contribution in [0.2, 0.25) is 0 Å². The number of aliphatic carboxylic acids is 1. The fourth-order valence-electron chi connectivity index (χ4n) is 3.69. The molecule has 1 fully saturated rings. The lowest BCUT2D eigenvalue weighted by molar-refractivity contribution is -0.138. The van der Waals surface area contributed by atoms with Crippen LogP contribution >= 0.6 is 0 Å². The van der Waals surface area contributed by atoms with Crippen molar-refractivity contribution in [3.05, 3.63) is 34.6 Å². The summed E-state index contributed by atoms with van der Waals surface area (Å²) < 4.78 is 5.94. The Morgan fingerprint density at radius 2 is 1.92 bits per heavy atom. The van der Waals surface area contributed by atoms with Gasteiger partial charge < -0.3 is 14.4 Å². The number of nitrogens with zero attached hydrogens (tertiary/aromatic N) is 1. The maximum absolute atomic E-state index is 13.0. The van der Waals surface area contributed by atoms with Crippen LogP contribution in [0.15, 0.2) is 16.5 Å². The summed E-state index contributed by atoms with van der Waals surface area (Å²) in [6.07, 6.45) is 2.58. The highest BCUT2D eigenvalue weighted by molar-refractivity contribution is 6.00. The van der Waals surface area contributed by atoms with Crippen molar-refractivity contribution >= 4 is 22.8 Å². The zero-order valence-corrected chi connectivity index (χ0v) is 14.4. The van der Waals surface area contributed by atoms with Crippen molar-refractivity contribution in [2.75, 3.05) is 6.54 Å². The van der Waals surface area contributed by atoms with E-state index in [1.807, 2.05) is 32.9 Å². The van der Waals surface area contributed by atoms with Gasteiger partial charge in [0.2, 0.25) is 0 Å².